The Morgan fingerprint density at radius 2 is 1.78 bits per heavy atom. The van der Waals surface area contributed by atoms with Gasteiger partial charge < -0.3 is 5.73 Å². The first-order valence-corrected chi connectivity index (χ1v) is 8.79. The second kappa shape index (κ2) is 5.15. The zero-order chi connectivity index (χ0) is 14.0. The van der Waals surface area contributed by atoms with Gasteiger partial charge in [0.1, 0.15) is 9.84 Å². The average molecular weight is 292 g/mol. The molecule has 0 aliphatic rings. The van der Waals surface area contributed by atoms with Crippen molar-refractivity contribution in [2.75, 3.05) is 34.8 Å². The Morgan fingerprint density at radius 3 is 2.28 bits per heavy atom. The molecule has 102 valence electrons. The van der Waals surface area contributed by atoms with E-state index in [2.05, 4.69) is 0 Å². The van der Waals surface area contributed by atoms with Crippen LogP contribution in [0.25, 0.3) is 0 Å². The van der Waals surface area contributed by atoms with Crippen LogP contribution in [0, 0.1) is 0 Å². The number of sulfonamides is 1. The molecule has 1 aromatic carbocycles. The van der Waals surface area contributed by atoms with Crippen LogP contribution in [0.15, 0.2) is 24.3 Å². The molecule has 1 aromatic rings. The molecule has 0 amide bonds. The Morgan fingerprint density at radius 1 is 1.17 bits per heavy atom. The first-order chi connectivity index (χ1) is 8.12. The molecule has 0 fully saturated rings. The molecular weight excluding hydrogens is 276 g/mol. The van der Waals surface area contributed by atoms with Gasteiger partial charge in [0.15, 0.2) is 0 Å². The molecule has 0 atom stereocenters. The number of sulfone groups is 1. The first kappa shape index (κ1) is 14.8. The third kappa shape index (κ3) is 4.19. The van der Waals surface area contributed by atoms with Gasteiger partial charge in [0.25, 0.3) is 0 Å². The molecule has 0 saturated heterocycles. The fraction of sp³-hybridized carbons (Fsp3) is 0.400. The van der Waals surface area contributed by atoms with E-state index in [0.29, 0.717) is 11.4 Å². The van der Waals surface area contributed by atoms with Crippen LogP contribution in [0.2, 0.25) is 0 Å². The molecule has 8 heteroatoms. The standard InChI is InChI=1S/C10H16N2O4S2/c1-12(10-5-3-4-9(11)8-10)18(15,16)7-6-17(2,13)14/h3-5,8H,6-7,11H2,1-2H3. The number of nitrogen functional groups attached to an aromatic ring is 1. The summed E-state index contributed by atoms with van der Waals surface area (Å²) in [6, 6.07) is 6.38. The van der Waals surface area contributed by atoms with Crippen molar-refractivity contribution in [3.63, 3.8) is 0 Å². The minimum Gasteiger partial charge on any atom is -0.399 e. The van der Waals surface area contributed by atoms with Gasteiger partial charge in [0.05, 0.1) is 17.2 Å². The number of hydrogen-bond acceptors (Lipinski definition) is 5. The van der Waals surface area contributed by atoms with Crippen molar-refractivity contribution in [3.8, 4) is 0 Å². The maximum absolute atomic E-state index is 11.9. The number of rotatable bonds is 5. The molecular formula is C10H16N2O4S2. The third-order valence-corrected chi connectivity index (χ3v) is 5.33. The van der Waals surface area contributed by atoms with Crippen LogP contribution in [0.1, 0.15) is 0 Å². The van der Waals surface area contributed by atoms with Gasteiger partial charge in [0, 0.05) is 19.0 Å². The second-order valence-electron chi connectivity index (χ2n) is 4.01. The van der Waals surface area contributed by atoms with Crippen molar-refractivity contribution in [2.45, 2.75) is 0 Å². The lowest BCUT2D eigenvalue weighted by Gasteiger charge is -2.19. The predicted molar refractivity (Wildman–Crippen MR) is 72.8 cm³/mol. The molecule has 6 nitrogen and oxygen atoms in total. The number of hydrogen-bond donors (Lipinski definition) is 1. The van der Waals surface area contributed by atoms with Gasteiger partial charge in [-0.1, -0.05) is 6.07 Å². The largest absolute Gasteiger partial charge is 0.399 e. The van der Waals surface area contributed by atoms with Crippen LogP contribution in [0.4, 0.5) is 11.4 Å². The summed E-state index contributed by atoms with van der Waals surface area (Å²) in [6.45, 7) is 0. The van der Waals surface area contributed by atoms with Gasteiger partial charge in [-0.15, -0.1) is 0 Å². The summed E-state index contributed by atoms with van der Waals surface area (Å²) in [5, 5.41) is 0. The molecule has 0 aliphatic heterocycles. The fourth-order valence-corrected chi connectivity index (χ4v) is 4.04. The summed E-state index contributed by atoms with van der Waals surface area (Å²) in [5.41, 5.74) is 6.41. The Labute approximate surface area is 107 Å². The summed E-state index contributed by atoms with van der Waals surface area (Å²) in [7, 11) is -5.61. The van der Waals surface area contributed by atoms with E-state index in [4.69, 9.17) is 5.73 Å². The number of nitrogens with zero attached hydrogens (tertiary/aromatic N) is 1. The zero-order valence-electron chi connectivity index (χ0n) is 10.2. The Hall–Kier alpha value is -1.28. The molecule has 0 radical (unpaired) electrons. The van der Waals surface area contributed by atoms with Crippen molar-refractivity contribution in [1.82, 2.24) is 0 Å². The fourth-order valence-electron chi connectivity index (χ4n) is 1.27. The van der Waals surface area contributed by atoms with Crippen LogP contribution in [-0.2, 0) is 19.9 Å². The van der Waals surface area contributed by atoms with Crippen molar-refractivity contribution in [3.05, 3.63) is 24.3 Å². The number of anilines is 2. The van der Waals surface area contributed by atoms with E-state index in [1.165, 1.54) is 13.1 Å². The molecule has 1 rings (SSSR count). The molecule has 0 unspecified atom stereocenters. The van der Waals surface area contributed by atoms with Crippen LogP contribution >= 0.6 is 0 Å². The van der Waals surface area contributed by atoms with E-state index in [-0.39, 0.29) is 0 Å². The van der Waals surface area contributed by atoms with E-state index in [1.54, 1.807) is 18.2 Å². The van der Waals surface area contributed by atoms with Crippen LogP contribution in [0.3, 0.4) is 0 Å². The van der Waals surface area contributed by atoms with Crippen molar-refractivity contribution in [2.24, 2.45) is 0 Å². The highest BCUT2D eigenvalue weighted by molar-refractivity contribution is 7.95. The van der Waals surface area contributed by atoms with Gasteiger partial charge in [-0.25, -0.2) is 16.8 Å². The highest BCUT2D eigenvalue weighted by Gasteiger charge is 2.20. The minimum atomic E-state index is -3.66. The predicted octanol–water partition coefficient (Wildman–Crippen LogP) is 0.0794. The topological polar surface area (TPSA) is 97.5 Å². The van der Waals surface area contributed by atoms with Gasteiger partial charge in [0.2, 0.25) is 10.0 Å². The Bertz CT molecular complexity index is 623. The monoisotopic (exact) mass is 292 g/mol. The Kier molecular flexibility index (Phi) is 4.23. The van der Waals surface area contributed by atoms with Crippen molar-refractivity contribution in [1.29, 1.82) is 0 Å². The maximum atomic E-state index is 11.9. The lowest BCUT2D eigenvalue weighted by Crippen LogP contribution is -2.31. The molecule has 0 saturated carbocycles. The molecule has 0 heterocycles. The summed E-state index contributed by atoms with van der Waals surface area (Å²) in [5.74, 6) is -0.848. The molecule has 0 aliphatic carbocycles. The van der Waals surface area contributed by atoms with Crippen molar-refractivity contribution >= 4 is 31.2 Å². The molecule has 18 heavy (non-hydrogen) atoms. The normalized spacial score (nSPS) is 12.3. The van der Waals surface area contributed by atoms with Gasteiger partial charge >= 0.3 is 0 Å². The lowest BCUT2D eigenvalue weighted by atomic mass is 10.3. The molecule has 0 spiro atoms. The van der Waals surface area contributed by atoms with E-state index < -0.39 is 31.4 Å². The van der Waals surface area contributed by atoms with Crippen LogP contribution < -0.4 is 10.0 Å². The Balaban J connectivity index is 2.92. The molecule has 0 aromatic heterocycles. The SMILES string of the molecule is CN(c1cccc(N)c1)S(=O)(=O)CCS(C)(=O)=O. The van der Waals surface area contributed by atoms with Gasteiger partial charge in [-0.3, -0.25) is 4.31 Å². The first-order valence-electron chi connectivity index (χ1n) is 5.12. The quantitative estimate of drug-likeness (QED) is 0.775. The highest BCUT2D eigenvalue weighted by atomic mass is 32.2. The van der Waals surface area contributed by atoms with Gasteiger partial charge in [-0.05, 0) is 18.2 Å². The minimum absolute atomic E-state index is 0.401. The maximum Gasteiger partial charge on any atom is 0.235 e. The van der Waals surface area contributed by atoms with Gasteiger partial charge in [-0.2, -0.15) is 0 Å². The lowest BCUT2D eigenvalue weighted by molar-refractivity contribution is 0.589. The summed E-state index contributed by atoms with van der Waals surface area (Å²) >= 11 is 0. The average Bonchev–Trinajstić information content (AvgIpc) is 2.25. The van der Waals surface area contributed by atoms with E-state index in [9.17, 15) is 16.8 Å². The number of nitrogens with two attached hydrogens (primary N) is 1. The summed E-state index contributed by atoms with van der Waals surface area (Å²) in [6.07, 6.45) is 1.00. The molecule has 2 N–H and O–H groups in total. The highest BCUT2D eigenvalue weighted by Crippen LogP contribution is 2.19. The zero-order valence-corrected chi connectivity index (χ0v) is 11.8. The third-order valence-electron chi connectivity index (χ3n) is 2.36. The van der Waals surface area contributed by atoms with E-state index in [0.717, 1.165) is 10.6 Å². The van der Waals surface area contributed by atoms with Crippen LogP contribution in [0.5, 0.6) is 0 Å². The van der Waals surface area contributed by atoms with E-state index >= 15 is 0 Å². The van der Waals surface area contributed by atoms with Crippen molar-refractivity contribution < 1.29 is 16.8 Å². The molecule has 0 bridgehead atoms. The summed E-state index contributed by atoms with van der Waals surface area (Å²) < 4.78 is 46.8. The number of benzene rings is 1. The second-order valence-corrected chi connectivity index (χ2v) is 8.39. The summed E-state index contributed by atoms with van der Waals surface area (Å²) in [4.78, 5) is 0. The van der Waals surface area contributed by atoms with Crippen LogP contribution in [-0.4, -0.2) is 41.6 Å². The smallest absolute Gasteiger partial charge is 0.235 e. The van der Waals surface area contributed by atoms with E-state index in [1.807, 2.05) is 0 Å².